The number of nitrogens with zero attached hydrogens (tertiary/aromatic N) is 4. The standard InChI is InChI=1S/C23H28FN5O3/c1-15-9-18(13-30-4)31-14-23(15,28-22(26)29(2)3)19-11-17(5-6-20(19)24)32-21-10-16(12-25)7-8-27-21/h5-8,10-11,15,18H,9,13-14H2,1-4H3,(H2,26,28)/t15-,18-,23+/m1/s1. The lowest BCUT2D eigenvalue weighted by Crippen LogP contribution is -2.48. The van der Waals surface area contributed by atoms with E-state index in [9.17, 15) is 0 Å². The van der Waals surface area contributed by atoms with Crippen molar-refractivity contribution < 1.29 is 18.6 Å². The highest BCUT2D eigenvalue weighted by molar-refractivity contribution is 5.78. The van der Waals surface area contributed by atoms with Gasteiger partial charge in [0.25, 0.3) is 0 Å². The molecule has 0 unspecified atom stereocenters. The van der Waals surface area contributed by atoms with Gasteiger partial charge >= 0.3 is 0 Å². The van der Waals surface area contributed by atoms with E-state index in [0.717, 1.165) is 0 Å². The monoisotopic (exact) mass is 441 g/mol. The Morgan fingerprint density at radius 1 is 1.41 bits per heavy atom. The van der Waals surface area contributed by atoms with E-state index in [4.69, 9.17) is 30.2 Å². The van der Waals surface area contributed by atoms with Crippen LogP contribution in [0.1, 0.15) is 24.5 Å². The molecule has 1 aliphatic heterocycles. The summed E-state index contributed by atoms with van der Waals surface area (Å²) in [5.74, 6) is 0.333. The van der Waals surface area contributed by atoms with Crippen molar-refractivity contribution >= 4 is 5.96 Å². The number of rotatable bonds is 6. The van der Waals surface area contributed by atoms with Gasteiger partial charge in [-0.15, -0.1) is 0 Å². The fourth-order valence-electron chi connectivity index (χ4n) is 3.75. The van der Waals surface area contributed by atoms with Crippen molar-refractivity contribution in [2.75, 3.05) is 34.4 Å². The highest BCUT2D eigenvalue weighted by Crippen LogP contribution is 2.43. The Balaban J connectivity index is 2.04. The molecule has 0 spiro atoms. The van der Waals surface area contributed by atoms with Crippen LogP contribution in [0.2, 0.25) is 0 Å². The first-order chi connectivity index (χ1) is 15.3. The summed E-state index contributed by atoms with van der Waals surface area (Å²) in [7, 11) is 5.17. The highest BCUT2D eigenvalue weighted by atomic mass is 19.1. The number of benzene rings is 1. The third-order valence-electron chi connectivity index (χ3n) is 5.59. The molecule has 0 amide bonds. The largest absolute Gasteiger partial charge is 0.439 e. The summed E-state index contributed by atoms with van der Waals surface area (Å²) in [5.41, 5.74) is 5.85. The predicted octanol–water partition coefficient (Wildman–Crippen LogP) is 3.03. The predicted molar refractivity (Wildman–Crippen MR) is 118 cm³/mol. The second kappa shape index (κ2) is 9.94. The fourth-order valence-corrected chi connectivity index (χ4v) is 3.75. The first kappa shape index (κ1) is 23.4. The molecule has 8 nitrogen and oxygen atoms in total. The molecule has 0 aliphatic carbocycles. The quantitative estimate of drug-likeness (QED) is 0.542. The van der Waals surface area contributed by atoms with Crippen LogP contribution < -0.4 is 10.5 Å². The summed E-state index contributed by atoms with van der Waals surface area (Å²) in [6.07, 6.45) is 1.99. The zero-order valence-corrected chi connectivity index (χ0v) is 18.7. The van der Waals surface area contributed by atoms with Crippen LogP contribution in [0, 0.1) is 23.1 Å². The molecule has 3 atom stereocenters. The molecular formula is C23H28FN5O3. The number of guanidine groups is 1. The summed E-state index contributed by atoms with van der Waals surface area (Å²) in [5, 5.41) is 9.09. The van der Waals surface area contributed by atoms with Gasteiger partial charge in [0.05, 0.1) is 31.0 Å². The highest BCUT2D eigenvalue weighted by Gasteiger charge is 2.46. The number of ether oxygens (including phenoxy) is 3. The maximum atomic E-state index is 15.2. The third kappa shape index (κ3) is 4.98. The zero-order chi connectivity index (χ0) is 23.3. The van der Waals surface area contributed by atoms with Gasteiger partial charge in [0.15, 0.2) is 5.96 Å². The Bertz CT molecular complexity index is 1020. The van der Waals surface area contributed by atoms with E-state index >= 15 is 4.39 Å². The lowest BCUT2D eigenvalue weighted by molar-refractivity contribution is -0.0846. The van der Waals surface area contributed by atoms with Gasteiger partial charge in [-0.2, -0.15) is 5.26 Å². The first-order valence-electron chi connectivity index (χ1n) is 10.3. The molecule has 2 heterocycles. The van der Waals surface area contributed by atoms with Gasteiger partial charge in [-0.05, 0) is 36.6 Å². The number of methoxy groups -OCH3 is 1. The molecular weight excluding hydrogens is 413 g/mol. The van der Waals surface area contributed by atoms with Crippen molar-refractivity contribution in [2.45, 2.75) is 25.0 Å². The molecule has 1 aliphatic rings. The number of aliphatic imine (C=N–C) groups is 1. The van der Waals surface area contributed by atoms with E-state index in [0.29, 0.717) is 29.9 Å². The fraction of sp³-hybridized carbons (Fsp3) is 0.435. The van der Waals surface area contributed by atoms with Gasteiger partial charge in [-0.25, -0.2) is 14.4 Å². The minimum atomic E-state index is -1.05. The first-order valence-corrected chi connectivity index (χ1v) is 10.3. The lowest BCUT2D eigenvalue weighted by atomic mass is 9.75. The van der Waals surface area contributed by atoms with E-state index in [-0.39, 0.29) is 30.5 Å². The third-order valence-corrected chi connectivity index (χ3v) is 5.59. The van der Waals surface area contributed by atoms with Crippen LogP contribution in [0.3, 0.4) is 0 Å². The number of hydrogen-bond acceptors (Lipinski definition) is 6. The lowest BCUT2D eigenvalue weighted by Gasteiger charge is -2.43. The maximum Gasteiger partial charge on any atom is 0.220 e. The van der Waals surface area contributed by atoms with Crippen molar-refractivity contribution in [3.63, 3.8) is 0 Å². The van der Waals surface area contributed by atoms with Crippen LogP contribution in [0.4, 0.5) is 4.39 Å². The van der Waals surface area contributed by atoms with E-state index in [1.165, 1.54) is 24.4 Å². The zero-order valence-electron chi connectivity index (χ0n) is 18.7. The molecule has 1 saturated heterocycles. The van der Waals surface area contributed by atoms with E-state index in [1.807, 2.05) is 13.0 Å². The number of aromatic nitrogens is 1. The molecule has 9 heteroatoms. The molecule has 0 saturated carbocycles. The van der Waals surface area contributed by atoms with Crippen LogP contribution in [-0.4, -0.2) is 56.4 Å². The molecule has 0 bridgehead atoms. The van der Waals surface area contributed by atoms with Gasteiger partial charge in [-0.3, -0.25) is 0 Å². The molecule has 32 heavy (non-hydrogen) atoms. The van der Waals surface area contributed by atoms with Crippen molar-refractivity contribution in [3.8, 4) is 17.7 Å². The Morgan fingerprint density at radius 3 is 2.84 bits per heavy atom. The van der Waals surface area contributed by atoms with Crippen molar-refractivity contribution in [3.05, 3.63) is 53.5 Å². The number of nitrogens with two attached hydrogens (primary N) is 1. The molecule has 1 aromatic carbocycles. The van der Waals surface area contributed by atoms with Crippen molar-refractivity contribution in [1.29, 1.82) is 5.26 Å². The number of nitriles is 1. The average Bonchev–Trinajstić information content (AvgIpc) is 2.77. The van der Waals surface area contributed by atoms with E-state index in [2.05, 4.69) is 4.98 Å². The molecule has 0 radical (unpaired) electrons. The second-order valence-corrected chi connectivity index (χ2v) is 8.05. The van der Waals surface area contributed by atoms with Gasteiger partial charge in [0.2, 0.25) is 5.88 Å². The average molecular weight is 442 g/mol. The minimum Gasteiger partial charge on any atom is -0.439 e. The normalized spacial score (nSPS) is 23.4. The van der Waals surface area contributed by atoms with Crippen LogP contribution in [0.5, 0.6) is 11.6 Å². The van der Waals surface area contributed by atoms with Gasteiger partial charge in [0, 0.05) is 39.0 Å². The summed E-state index contributed by atoms with van der Waals surface area (Å²) >= 11 is 0. The van der Waals surface area contributed by atoms with E-state index in [1.54, 1.807) is 38.2 Å². The maximum absolute atomic E-state index is 15.2. The molecule has 3 rings (SSSR count). The van der Waals surface area contributed by atoms with Gasteiger partial charge in [-0.1, -0.05) is 6.92 Å². The molecule has 2 aromatic rings. The molecule has 1 fully saturated rings. The van der Waals surface area contributed by atoms with Crippen LogP contribution in [0.25, 0.3) is 0 Å². The van der Waals surface area contributed by atoms with Gasteiger partial charge in [0.1, 0.15) is 17.1 Å². The van der Waals surface area contributed by atoms with Crippen molar-refractivity contribution in [1.82, 2.24) is 9.88 Å². The number of hydrogen-bond donors (Lipinski definition) is 1. The smallest absolute Gasteiger partial charge is 0.220 e. The Morgan fingerprint density at radius 2 is 2.19 bits per heavy atom. The summed E-state index contributed by atoms with van der Waals surface area (Å²) < 4.78 is 32.3. The Labute approximate surface area is 187 Å². The molecule has 170 valence electrons. The Hall–Kier alpha value is -3.22. The second-order valence-electron chi connectivity index (χ2n) is 8.05. The summed E-state index contributed by atoms with van der Waals surface area (Å²) in [6.45, 7) is 2.58. The summed E-state index contributed by atoms with van der Waals surface area (Å²) in [6, 6.07) is 9.57. The van der Waals surface area contributed by atoms with Crippen LogP contribution in [-0.2, 0) is 15.0 Å². The van der Waals surface area contributed by atoms with Gasteiger partial charge < -0.3 is 24.8 Å². The van der Waals surface area contributed by atoms with E-state index < -0.39 is 11.4 Å². The topological polar surface area (TPSA) is 106 Å². The summed E-state index contributed by atoms with van der Waals surface area (Å²) in [4.78, 5) is 10.5. The molecule has 2 N–H and O–H groups in total. The Kier molecular flexibility index (Phi) is 7.28. The van der Waals surface area contributed by atoms with Crippen LogP contribution in [0.15, 0.2) is 41.5 Å². The molecule has 1 aromatic heterocycles. The SMILES string of the molecule is COC[C@H]1C[C@@H](C)[C@](N=C(N)N(C)C)(c2cc(Oc3cc(C#N)ccn3)ccc2F)CO1. The minimum absolute atomic E-state index is 0.0975. The van der Waals surface area contributed by atoms with Crippen molar-refractivity contribution in [2.24, 2.45) is 16.6 Å². The number of halogens is 1. The van der Waals surface area contributed by atoms with Crippen LogP contribution >= 0.6 is 0 Å². The number of pyridine rings is 1.